The van der Waals surface area contributed by atoms with E-state index in [1.807, 2.05) is 6.07 Å². The molecule has 0 aliphatic carbocycles. The van der Waals surface area contributed by atoms with Crippen molar-refractivity contribution in [3.8, 4) is 0 Å². The van der Waals surface area contributed by atoms with Crippen LogP contribution in [0.25, 0.3) is 10.2 Å². The number of nitrogens with one attached hydrogen (secondary N) is 1. The Bertz CT molecular complexity index is 684. The number of aromatic nitrogens is 1. The van der Waals surface area contributed by atoms with Crippen molar-refractivity contribution in [2.75, 3.05) is 24.6 Å². The van der Waals surface area contributed by atoms with E-state index in [1.165, 1.54) is 11.3 Å². The van der Waals surface area contributed by atoms with Crippen LogP contribution in [0.5, 0.6) is 0 Å². The molecule has 0 fully saturated rings. The number of nitrogens with two attached hydrogens (primary N) is 2. The third kappa shape index (κ3) is 3.67. The molecule has 0 aliphatic heterocycles. The van der Waals surface area contributed by atoms with Crippen LogP contribution in [0, 0.1) is 0 Å². The molecular formula is C13H17N5O2S. The summed E-state index contributed by atoms with van der Waals surface area (Å²) in [6, 6.07) is 4.89. The molecule has 0 radical (unpaired) electrons. The highest BCUT2D eigenvalue weighted by Gasteiger charge is 2.20. The normalized spacial score (nSPS) is 12.5. The molecular weight excluding hydrogens is 290 g/mol. The van der Waals surface area contributed by atoms with Crippen molar-refractivity contribution in [3.63, 3.8) is 0 Å². The van der Waals surface area contributed by atoms with Crippen LogP contribution in [0.1, 0.15) is 6.92 Å². The van der Waals surface area contributed by atoms with E-state index in [0.717, 1.165) is 10.2 Å². The first-order valence-electron chi connectivity index (χ1n) is 6.32. The van der Waals surface area contributed by atoms with Gasteiger partial charge in [0, 0.05) is 5.69 Å². The molecule has 2 rings (SSSR count). The summed E-state index contributed by atoms with van der Waals surface area (Å²) in [6.45, 7) is 1.72. The fourth-order valence-electron chi connectivity index (χ4n) is 1.79. The number of nitrogen functional groups attached to an aromatic ring is 1. The van der Waals surface area contributed by atoms with Crippen LogP contribution in [0.3, 0.4) is 0 Å². The van der Waals surface area contributed by atoms with Crippen LogP contribution in [-0.4, -0.2) is 41.3 Å². The predicted octanol–water partition coefficient (Wildman–Crippen LogP) is 0.623. The molecule has 0 aliphatic rings. The van der Waals surface area contributed by atoms with Crippen molar-refractivity contribution in [3.05, 3.63) is 18.2 Å². The number of benzene rings is 1. The Kier molecular flexibility index (Phi) is 4.39. The number of amides is 2. The molecule has 0 saturated carbocycles. The van der Waals surface area contributed by atoms with Gasteiger partial charge in [0.1, 0.15) is 0 Å². The summed E-state index contributed by atoms with van der Waals surface area (Å²) in [7, 11) is 1.66. The minimum atomic E-state index is -0.491. The van der Waals surface area contributed by atoms with Gasteiger partial charge in [0.15, 0.2) is 5.13 Å². The molecule has 1 aromatic carbocycles. The summed E-state index contributed by atoms with van der Waals surface area (Å²) in [5.74, 6) is -0.724. The minimum absolute atomic E-state index is 0.0188. The van der Waals surface area contributed by atoms with Gasteiger partial charge >= 0.3 is 0 Å². The molecule has 5 N–H and O–H groups in total. The van der Waals surface area contributed by atoms with E-state index in [4.69, 9.17) is 11.5 Å². The van der Waals surface area contributed by atoms with E-state index in [2.05, 4.69) is 10.3 Å². The van der Waals surface area contributed by atoms with Crippen molar-refractivity contribution >= 4 is 44.2 Å². The molecule has 2 aromatic rings. The standard InChI is InChI=1S/C13H17N5O2S/c1-7(18(2)6-11(15)19)12(20)17-13-16-9-4-3-8(14)5-10(9)21-13/h3-5,7H,6,14H2,1-2H3,(H2,15,19)(H,16,17,20). The molecule has 8 heteroatoms. The monoisotopic (exact) mass is 307 g/mol. The van der Waals surface area contributed by atoms with Crippen LogP contribution in [0.2, 0.25) is 0 Å². The first kappa shape index (κ1) is 15.2. The molecule has 0 bridgehead atoms. The number of carbonyl (C=O) groups is 2. The van der Waals surface area contributed by atoms with Gasteiger partial charge in [-0.25, -0.2) is 4.98 Å². The number of rotatable bonds is 5. The minimum Gasteiger partial charge on any atom is -0.399 e. The number of primary amides is 1. The van der Waals surface area contributed by atoms with E-state index >= 15 is 0 Å². The molecule has 0 spiro atoms. The van der Waals surface area contributed by atoms with Gasteiger partial charge in [-0.3, -0.25) is 14.5 Å². The van der Waals surface area contributed by atoms with Crippen molar-refractivity contribution in [2.24, 2.45) is 5.73 Å². The van der Waals surface area contributed by atoms with Gasteiger partial charge in [-0.1, -0.05) is 11.3 Å². The highest BCUT2D eigenvalue weighted by molar-refractivity contribution is 7.22. The Morgan fingerprint density at radius 2 is 2.19 bits per heavy atom. The van der Waals surface area contributed by atoms with Gasteiger partial charge in [-0.05, 0) is 32.2 Å². The zero-order valence-electron chi connectivity index (χ0n) is 11.8. The second kappa shape index (κ2) is 6.06. The maximum absolute atomic E-state index is 12.1. The average Bonchev–Trinajstić information content (AvgIpc) is 2.78. The highest BCUT2D eigenvalue weighted by atomic mass is 32.1. The Hall–Kier alpha value is -2.19. The molecule has 1 atom stereocenters. The summed E-state index contributed by atoms with van der Waals surface area (Å²) >= 11 is 1.35. The van der Waals surface area contributed by atoms with Gasteiger partial charge in [0.05, 0.1) is 22.8 Å². The Balaban J connectivity index is 2.08. The largest absolute Gasteiger partial charge is 0.399 e. The first-order chi connectivity index (χ1) is 9.86. The fourth-order valence-corrected chi connectivity index (χ4v) is 2.70. The van der Waals surface area contributed by atoms with E-state index in [0.29, 0.717) is 10.8 Å². The maximum Gasteiger partial charge on any atom is 0.243 e. The maximum atomic E-state index is 12.1. The SMILES string of the molecule is CC(C(=O)Nc1nc2ccc(N)cc2s1)N(C)CC(N)=O. The van der Waals surface area contributed by atoms with Gasteiger partial charge in [0.2, 0.25) is 11.8 Å². The van der Waals surface area contributed by atoms with Crippen molar-refractivity contribution in [1.82, 2.24) is 9.88 Å². The predicted molar refractivity (Wildman–Crippen MR) is 83.9 cm³/mol. The zero-order chi connectivity index (χ0) is 15.6. The molecule has 2 amide bonds. The molecule has 1 unspecified atom stereocenters. The number of hydrogen-bond acceptors (Lipinski definition) is 6. The average molecular weight is 307 g/mol. The summed E-state index contributed by atoms with van der Waals surface area (Å²) in [4.78, 5) is 28.9. The first-order valence-corrected chi connectivity index (χ1v) is 7.14. The van der Waals surface area contributed by atoms with Crippen molar-refractivity contribution < 1.29 is 9.59 Å². The lowest BCUT2D eigenvalue weighted by molar-refractivity contribution is -0.123. The van der Waals surface area contributed by atoms with Gasteiger partial charge in [-0.2, -0.15) is 0 Å². The second-order valence-electron chi connectivity index (χ2n) is 4.79. The van der Waals surface area contributed by atoms with Crippen LogP contribution in [0.4, 0.5) is 10.8 Å². The number of anilines is 2. The molecule has 1 aromatic heterocycles. The lowest BCUT2D eigenvalue weighted by atomic mass is 10.3. The fraction of sp³-hybridized carbons (Fsp3) is 0.308. The molecule has 0 saturated heterocycles. The molecule has 7 nitrogen and oxygen atoms in total. The van der Waals surface area contributed by atoms with E-state index < -0.39 is 11.9 Å². The number of nitrogens with zero attached hydrogens (tertiary/aromatic N) is 2. The van der Waals surface area contributed by atoms with Crippen molar-refractivity contribution in [2.45, 2.75) is 13.0 Å². The summed E-state index contributed by atoms with van der Waals surface area (Å²) in [5.41, 5.74) is 12.3. The molecule has 1 heterocycles. The highest BCUT2D eigenvalue weighted by Crippen LogP contribution is 2.27. The summed E-state index contributed by atoms with van der Waals surface area (Å²) in [6.07, 6.45) is 0. The van der Waals surface area contributed by atoms with Crippen LogP contribution in [0.15, 0.2) is 18.2 Å². The van der Waals surface area contributed by atoms with E-state index in [-0.39, 0.29) is 12.5 Å². The van der Waals surface area contributed by atoms with Gasteiger partial charge in [0.25, 0.3) is 0 Å². The van der Waals surface area contributed by atoms with Crippen LogP contribution in [-0.2, 0) is 9.59 Å². The Morgan fingerprint density at radius 3 is 2.86 bits per heavy atom. The number of likely N-dealkylation sites (N-methyl/N-ethyl adjacent to an activating group) is 1. The number of fused-ring (bicyclic) bond motifs is 1. The molecule has 21 heavy (non-hydrogen) atoms. The van der Waals surface area contributed by atoms with Gasteiger partial charge in [-0.15, -0.1) is 0 Å². The van der Waals surface area contributed by atoms with Crippen LogP contribution < -0.4 is 16.8 Å². The van der Waals surface area contributed by atoms with Crippen LogP contribution >= 0.6 is 11.3 Å². The third-order valence-corrected chi connectivity index (χ3v) is 4.02. The Labute approximate surface area is 125 Å². The third-order valence-electron chi connectivity index (χ3n) is 3.09. The van der Waals surface area contributed by atoms with Crippen molar-refractivity contribution in [1.29, 1.82) is 0 Å². The summed E-state index contributed by atoms with van der Waals surface area (Å²) in [5, 5.41) is 3.24. The lowest BCUT2D eigenvalue weighted by Crippen LogP contribution is -2.43. The lowest BCUT2D eigenvalue weighted by Gasteiger charge is -2.21. The number of thiazole rings is 1. The molecule has 112 valence electrons. The van der Waals surface area contributed by atoms with E-state index in [1.54, 1.807) is 31.0 Å². The number of carbonyl (C=O) groups excluding carboxylic acids is 2. The second-order valence-corrected chi connectivity index (χ2v) is 5.82. The van der Waals surface area contributed by atoms with Gasteiger partial charge < -0.3 is 16.8 Å². The topological polar surface area (TPSA) is 114 Å². The zero-order valence-corrected chi connectivity index (χ0v) is 12.6. The smallest absolute Gasteiger partial charge is 0.243 e. The quantitative estimate of drug-likeness (QED) is 0.701. The Morgan fingerprint density at radius 1 is 1.48 bits per heavy atom. The number of hydrogen-bond donors (Lipinski definition) is 3. The van der Waals surface area contributed by atoms with E-state index in [9.17, 15) is 9.59 Å². The summed E-state index contributed by atoms with van der Waals surface area (Å²) < 4.78 is 0.906.